The molecule has 88 valence electrons. The zero-order valence-corrected chi connectivity index (χ0v) is 10.3. The van der Waals surface area contributed by atoms with Crippen LogP contribution in [-0.2, 0) is 0 Å². The van der Waals surface area contributed by atoms with Crippen LogP contribution in [-0.4, -0.2) is 37.6 Å². The van der Waals surface area contributed by atoms with Gasteiger partial charge in [0.05, 0.1) is 0 Å². The first-order valence-corrected chi connectivity index (χ1v) is 6.66. The van der Waals surface area contributed by atoms with Gasteiger partial charge >= 0.3 is 0 Å². The van der Waals surface area contributed by atoms with Gasteiger partial charge in [-0.2, -0.15) is 0 Å². The molecule has 15 heavy (non-hydrogen) atoms. The molecular formula is C13H26N2. The Labute approximate surface area is 94.4 Å². The summed E-state index contributed by atoms with van der Waals surface area (Å²) in [6, 6.07) is 0.853. The fourth-order valence-electron chi connectivity index (χ4n) is 2.91. The minimum Gasteiger partial charge on any atom is -0.314 e. The number of piperidine rings is 1. The Morgan fingerprint density at radius 3 is 2.47 bits per heavy atom. The molecule has 2 fully saturated rings. The summed E-state index contributed by atoms with van der Waals surface area (Å²) in [7, 11) is 2.24. The number of hydrogen-bond acceptors (Lipinski definition) is 2. The van der Waals surface area contributed by atoms with Crippen LogP contribution in [0.5, 0.6) is 0 Å². The van der Waals surface area contributed by atoms with Crippen molar-refractivity contribution in [3.05, 3.63) is 0 Å². The molecule has 0 bridgehead atoms. The van der Waals surface area contributed by atoms with Gasteiger partial charge in [-0.25, -0.2) is 0 Å². The van der Waals surface area contributed by atoms with Gasteiger partial charge < -0.3 is 10.2 Å². The maximum atomic E-state index is 3.69. The molecule has 1 aliphatic heterocycles. The summed E-state index contributed by atoms with van der Waals surface area (Å²) >= 11 is 0. The average Bonchev–Trinajstić information content (AvgIpc) is 2.18. The molecule has 1 N–H and O–H groups in total. The number of rotatable bonds is 4. The van der Waals surface area contributed by atoms with Crippen LogP contribution in [0.2, 0.25) is 0 Å². The normalized spacial score (nSPS) is 34.0. The van der Waals surface area contributed by atoms with E-state index in [0.717, 1.165) is 17.9 Å². The van der Waals surface area contributed by atoms with Crippen LogP contribution in [0.15, 0.2) is 0 Å². The van der Waals surface area contributed by atoms with Crippen molar-refractivity contribution in [3.8, 4) is 0 Å². The zero-order valence-electron chi connectivity index (χ0n) is 10.3. The summed E-state index contributed by atoms with van der Waals surface area (Å²) in [6.07, 6.45) is 7.05. The number of nitrogens with zero attached hydrogens (tertiary/aromatic N) is 1. The van der Waals surface area contributed by atoms with Gasteiger partial charge in [0.1, 0.15) is 0 Å². The molecule has 0 atom stereocenters. The lowest BCUT2D eigenvalue weighted by Crippen LogP contribution is -2.41. The van der Waals surface area contributed by atoms with Crippen molar-refractivity contribution in [2.75, 3.05) is 26.7 Å². The zero-order chi connectivity index (χ0) is 10.7. The molecule has 2 aliphatic rings. The van der Waals surface area contributed by atoms with Crippen LogP contribution in [0.4, 0.5) is 0 Å². The molecule has 1 saturated heterocycles. The molecule has 1 heterocycles. The summed E-state index contributed by atoms with van der Waals surface area (Å²) in [5.74, 6) is 1.97. The molecule has 2 nitrogen and oxygen atoms in total. The Balaban J connectivity index is 1.51. The first kappa shape index (κ1) is 11.4. The van der Waals surface area contributed by atoms with Gasteiger partial charge in [0.15, 0.2) is 0 Å². The molecule has 0 spiro atoms. The van der Waals surface area contributed by atoms with Crippen molar-refractivity contribution < 1.29 is 0 Å². The largest absolute Gasteiger partial charge is 0.314 e. The Bertz CT molecular complexity index is 179. The minimum absolute atomic E-state index is 0.853. The Hall–Kier alpha value is -0.0800. The summed E-state index contributed by atoms with van der Waals surface area (Å²) in [4.78, 5) is 2.46. The third-order valence-corrected chi connectivity index (χ3v) is 4.20. The molecular weight excluding hydrogens is 184 g/mol. The lowest BCUT2D eigenvalue weighted by molar-refractivity contribution is 0.199. The molecule has 1 aliphatic carbocycles. The first-order valence-electron chi connectivity index (χ1n) is 6.66. The van der Waals surface area contributed by atoms with Crippen LogP contribution < -0.4 is 5.32 Å². The lowest BCUT2D eigenvalue weighted by Gasteiger charge is -2.34. The Morgan fingerprint density at radius 2 is 1.87 bits per heavy atom. The number of hydrogen-bond donors (Lipinski definition) is 1. The van der Waals surface area contributed by atoms with Crippen LogP contribution in [0.3, 0.4) is 0 Å². The molecule has 0 unspecified atom stereocenters. The quantitative estimate of drug-likeness (QED) is 0.764. The van der Waals surface area contributed by atoms with Crippen molar-refractivity contribution >= 4 is 0 Å². The number of nitrogens with one attached hydrogen (secondary N) is 1. The Morgan fingerprint density at radius 1 is 1.20 bits per heavy atom. The second kappa shape index (κ2) is 5.31. The van der Waals surface area contributed by atoms with Crippen LogP contribution in [0.25, 0.3) is 0 Å². The van der Waals surface area contributed by atoms with Gasteiger partial charge in [-0.05, 0) is 70.6 Å². The molecule has 0 radical (unpaired) electrons. The van der Waals surface area contributed by atoms with E-state index in [2.05, 4.69) is 24.2 Å². The van der Waals surface area contributed by atoms with Crippen LogP contribution in [0, 0.1) is 11.8 Å². The van der Waals surface area contributed by atoms with Gasteiger partial charge in [-0.15, -0.1) is 0 Å². The van der Waals surface area contributed by atoms with Crippen molar-refractivity contribution in [2.24, 2.45) is 11.8 Å². The monoisotopic (exact) mass is 210 g/mol. The van der Waals surface area contributed by atoms with Crippen molar-refractivity contribution in [3.63, 3.8) is 0 Å². The van der Waals surface area contributed by atoms with E-state index >= 15 is 0 Å². The van der Waals surface area contributed by atoms with Crippen molar-refractivity contribution in [2.45, 2.75) is 45.1 Å². The van der Waals surface area contributed by atoms with Crippen LogP contribution in [0.1, 0.15) is 39.0 Å². The first-order chi connectivity index (χ1) is 7.24. The SMILES string of the molecule is CC1CC(NCCC2CCN(C)CC2)C1. The second-order valence-electron chi connectivity index (χ2n) is 5.76. The van der Waals surface area contributed by atoms with Gasteiger partial charge in [0, 0.05) is 6.04 Å². The van der Waals surface area contributed by atoms with Gasteiger partial charge in [-0.3, -0.25) is 0 Å². The highest BCUT2D eigenvalue weighted by Gasteiger charge is 2.24. The van der Waals surface area contributed by atoms with Gasteiger partial charge in [0.25, 0.3) is 0 Å². The van der Waals surface area contributed by atoms with E-state index in [1.165, 1.54) is 51.7 Å². The molecule has 2 rings (SSSR count). The standard InChI is InChI=1S/C13H26N2/c1-11-9-13(10-11)14-6-3-12-4-7-15(2)8-5-12/h11-14H,3-10H2,1-2H3. The van der Waals surface area contributed by atoms with Crippen molar-refractivity contribution in [1.29, 1.82) is 0 Å². The third-order valence-electron chi connectivity index (χ3n) is 4.20. The van der Waals surface area contributed by atoms with Crippen LogP contribution >= 0.6 is 0 Å². The lowest BCUT2D eigenvalue weighted by atomic mass is 9.82. The summed E-state index contributed by atoms with van der Waals surface area (Å²) in [5.41, 5.74) is 0. The number of likely N-dealkylation sites (tertiary alicyclic amines) is 1. The van der Waals surface area contributed by atoms with E-state index in [4.69, 9.17) is 0 Å². The summed E-state index contributed by atoms with van der Waals surface area (Å²) in [5, 5.41) is 3.69. The fraction of sp³-hybridized carbons (Fsp3) is 1.00. The maximum Gasteiger partial charge on any atom is 0.00721 e. The van der Waals surface area contributed by atoms with E-state index in [9.17, 15) is 0 Å². The predicted molar refractivity (Wildman–Crippen MR) is 65.0 cm³/mol. The predicted octanol–water partition coefficient (Wildman–Crippen LogP) is 2.11. The molecule has 0 aromatic rings. The Kier molecular flexibility index (Phi) is 4.04. The topological polar surface area (TPSA) is 15.3 Å². The smallest absolute Gasteiger partial charge is 0.00721 e. The van der Waals surface area contributed by atoms with E-state index in [1.54, 1.807) is 0 Å². The van der Waals surface area contributed by atoms with Gasteiger partial charge in [0.2, 0.25) is 0 Å². The summed E-state index contributed by atoms with van der Waals surface area (Å²) < 4.78 is 0. The third kappa shape index (κ3) is 3.46. The van der Waals surface area contributed by atoms with E-state index in [-0.39, 0.29) is 0 Å². The fourth-order valence-corrected chi connectivity index (χ4v) is 2.91. The highest BCUT2D eigenvalue weighted by Crippen LogP contribution is 2.26. The van der Waals surface area contributed by atoms with E-state index in [1.807, 2.05) is 0 Å². The molecule has 0 aromatic carbocycles. The highest BCUT2D eigenvalue weighted by molar-refractivity contribution is 4.82. The molecule has 2 heteroatoms. The molecule has 1 saturated carbocycles. The maximum absolute atomic E-state index is 3.69. The average molecular weight is 210 g/mol. The summed E-state index contributed by atoms with van der Waals surface area (Å²) in [6.45, 7) is 6.23. The highest BCUT2D eigenvalue weighted by atomic mass is 15.1. The van der Waals surface area contributed by atoms with E-state index < -0.39 is 0 Å². The molecule has 0 aromatic heterocycles. The minimum atomic E-state index is 0.853. The molecule has 0 amide bonds. The van der Waals surface area contributed by atoms with E-state index in [0.29, 0.717) is 0 Å². The second-order valence-corrected chi connectivity index (χ2v) is 5.76. The van der Waals surface area contributed by atoms with Crippen molar-refractivity contribution in [1.82, 2.24) is 10.2 Å². The van der Waals surface area contributed by atoms with Gasteiger partial charge in [-0.1, -0.05) is 6.92 Å².